The number of hydrogen-bond acceptors (Lipinski definition) is 2. The number of aliphatic hydroxyl groups is 1. The van der Waals surface area contributed by atoms with Crippen molar-refractivity contribution in [1.82, 2.24) is 5.32 Å². The van der Waals surface area contributed by atoms with Crippen LogP contribution in [0.2, 0.25) is 0 Å². The van der Waals surface area contributed by atoms with E-state index in [9.17, 15) is 9.90 Å². The number of rotatable bonds is 0. The van der Waals surface area contributed by atoms with Crippen molar-refractivity contribution >= 4 is 5.91 Å². The first-order valence-electron chi connectivity index (χ1n) is 3.44. The monoisotopic (exact) mass is 139 g/mol. The van der Waals surface area contributed by atoms with Gasteiger partial charge in [0.25, 0.3) is 0 Å². The van der Waals surface area contributed by atoms with E-state index in [-0.39, 0.29) is 17.9 Å². The summed E-state index contributed by atoms with van der Waals surface area (Å²) in [6.07, 6.45) is 3.99. The molecule has 0 aromatic carbocycles. The summed E-state index contributed by atoms with van der Waals surface area (Å²) in [5, 5.41) is 12.0. The molecular weight excluding hydrogens is 130 g/mol. The van der Waals surface area contributed by atoms with E-state index < -0.39 is 6.10 Å². The van der Waals surface area contributed by atoms with Crippen LogP contribution < -0.4 is 5.32 Å². The average molecular weight is 139 g/mol. The fourth-order valence-corrected chi connectivity index (χ4v) is 1.54. The van der Waals surface area contributed by atoms with Crippen LogP contribution in [-0.4, -0.2) is 23.2 Å². The first-order chi connectivity index (χ1) is 4.79. The van der Waals surface area contributed by atoms with Crippen molar-refractivity contribution in [3.63, 3.8) is 0 Å². The number of nitrogens with one attached hydrogen (secondary N) is 1. The highest BCUT2D eigenvalue weighted by Crippen LogP contribution is 2.25. The van der Waals surface area contributed by atoms with E-state index in [4.69, 9.17) is 0 Å². The second-order valence-electron chi connectivity index (χ2n) is 2.80. The SMILES string of the molecule is O=C1NC2C=CCC1C2O. The van der Waals surface area contributed by atoms with Crippen molar-refractivity contribution in [3.8, 4) is 0 Å². The third kappa shape index (κ3) is 0.609. The standard InChI is InChI=1S/C7H9NO2/c9-6-4-2-1-3-5(6)8-7(4)10/h1,3-6,9H,2H2,(H,8,10). The molecule has 1 fully saturated rings. The molecule has 0 radical (unpaired) electrons. The second kappa shape index (κ2) is 1.83. The van der Waals surface area contributed by atoms with Crippen molar-refractivity contribution < 1.29 is 9.90 Å². The van der Waals surface area contributed by atoms with Gasteiger partial charge in [0.05, 0.1) is 18.1 Å². The zero-order valence-electron chi connectivity index (χ0n) is 5.45. The van der Waals surface area contributed by atoms with Gasteiger partial charge in [0.2, 0.25) is 5.91 Å². The molecule has 3 heteroatoms. The highest BCUT2D eigenvalue weighted by molar-refractivity contribution is 5.83. The number of allylic oxidation sites excluding steroid dienone is 1. The summed E-state index contributed by atoms with van der Waals surface area (Å²) in [6, 6.07) is -0.119. The Morgan fingerprint density at radius 2 is 2.50 bits per heavy atom. The lowest BCUT2D eigenvalue weighted by Gasteiger charge is -2.16. The molecule has 1 aliphatic heterocycles. The Balaban J connectivity index is 2.31. The van der Waals surface area contributed by atoms with Crippen LogP contribution >= 0.6 is 0 Å². The molecule has 3 atom stereocenters. The van der Waals surface area contributed by atoms with Crippen LogP contribution in [0.15, 0.2) is 12.2 Å². The van der Waals surface area contributed by atoms with E-state index in [2.05, 4.69) is 5.32 Å². The third-order valence-electron chi connectivity index (χ3n) is 2.16. The second-order valence-corrected chi connectivity index (χ2v) is 2.80. The van der Waals surface area contributed by atoms with Gasteiger partial charge in [0.15, 0.2) is 0 Å². The van der Waals surface area contributed by atoms with Crippen molar-refractivity contribution in [2.75, 3.05) is 0 Å². The Hall–Kier alpha value is -0.830. The minimum Gasteiger partial charge on any atom is -0.390 e. The summed E-state index contributed by atoms with van der Waals surface area (Å²) in [5.74, 6) is -0.197. The molecule has 0 spiro atoms. The fraction of sp³-hybridized carbons (Fsp3) is 0.571. The highest BCUT2D eigenvalue weighted by Gasteiger charge is 2.40. The number of amides is 1. The molecular formula is C7H9NO2. The quantitative estimate of drug-likeness (QED) is 0.441. The maximum atomic E-state index is 11.0. The zero-order valence-corrected chi connectivity index (χ0v) is 5.45. The summed E-state index contributed by atoms with van der Waals surface area (Å²) < 4.78 is 0. The lowest BCUT2D eigenvalue weighted by Crippen LogP contribution is -2.31. The molecule has 0 aromatic rings. The summed E-state index contributed by atoms with van der Waals surface area (Å²) in [7, 11) is 0. The van der Waals surface area contributed by atoms with Gasteiger partial charge >= 0.3 is 0 Å². The maximum absolute atomic E-state index is 11.0. The average Bonchev–Trinajstić information content (AvgIpc) is 2.16. The number of aliphatic hydroxyl groups excluding tert-OH is 1. The van der Waals surface area contributed by atoms with E-state index in [0.29, 0.717) is 6.42 Å². The third-order valence-corrected chi connectivity index (χ3v) is 2.16. The summed E-state index contributed by atoms with van der Waals surface area (Å²) in [6.45, 7) is 0. The zero-order chi connectivity index (χ0) is 7.14. The lowest BCUT2D eigenvalue weighted by atomic mass is 9.93. The number of carbonyl (C=O) groups excluding carboxylic acids is 1. The Bertz CT molecular complexity index is 200. The van der Waals surface area contributed by atoms with Crippen LogP contribution in [0.4, 0.5) is 0 Å². The van der Waals surface area contributed by atoms with Crippen molar-refractivity contribution in [2.45, 2.75) is 18.6 Å². The Morgan fingerprint density at radius 3 is 3.10 bits per heavy atom. The Morgan fingerprint density at radius 1 is 1.70 bits per heavy atom. The molecule has 1 heterocycles. The molecule has 1 aliphatic carbocycles. The number of carbonyl (C=O) groups is 1. The van der Waals surface area contributed by atoms with Crippen LogP contribution in [0, 0.1) is 5.92 Å². The van der Waals surface area contributed by atoms with Gasteiger partial charge in [0.1, 0.15) is 0 Å². The van der Waals surface area contributed by atoms with E-state index in [1.54, 1.807) is 0 Å². The molecule has 1 saturated heterocycles. The van der Waals surface area contributed by atoms with E-state index >= 15 is 0 Å². The molecule has 2 N–H and O–H groups in total. The maximum Gasteiger partial charge on any atom is 0.226 e. The molecule has 2 aliphatic rings. The smallest absolute Gasteiger partial charge is 0.226 e. The number of fused-ring (bicyclic) bond motifs is 2. The number of hydrogen-bond donors (Lipinski definition) is 2. The minimum absolute atomic E-state index is 0.0116. The van der Waals surface area contributed by atoms with Gasteiger partial charge in [0, 0.05) is 0 Å². The molecule has 0 aromatic heterocycles. The van der Waals surface area contributed by atoms with Gasteiger partial charge in [-0.15, -0.1) is 0 Å². The van der Waals surface area contributed by atoms with E-state index in [0.717, 1.165) is 0 Å². The summed E-state index contributed by atoms with van der Waals surface area (Å²) >= 11 is 0. The summed E-state index contributed by atoms with van der Waals surface area (Å²) in [4.78, 5) is 11.0. The highest BCUT2D eigenvalue weighted by atomic mass is 16.3. The van der Waals surface area contributed by atoms with Gasteiger partial charge in [-0.25, -0.2) is 0 Å². The largest absolute Gasteiger partial charge is 0.390 e. The van der Waals surface area contributed by atoms with E-state index in [1.807, 2.05) is 12.2 Å². The topological polar surface area (TPSA) is 49.3 Å². The van der Waals surface area contributed by atoms with E-state index in [1.165, 1.54) is 0 Å². The lowest BCUT2D eigenvalue weighted by molar-refractivity contribution is -0.123. The molecule has 2 rings (SSSR count). The fourth-order valence-electron chi connectivity index (χ4n) is 1.54. The first kappa shape index (κ1) is 5.92. The van der Waals surface area contributed by atoms with Crippen molar-refractivity contribution in [2.24, 2.45) is 5.92 Å². The van der Waals surface area contributed by atoms with Crippen LogP contribution in [-0.2, 0) is 4.79 Å². The minimum atomic E-state index is -0.488. The molecule has 2 bridgehead atoms. The summed E-state index contributed by atoms with van der Waals surface area (Å²) in [5.41, 5.74) is 0. The van der Waals surface area contributed by atoms with Crippen LogP contribution in [0.5, 0.6) is 0 Å². The Kier molecular flexibility index (Phi) is 1.08. The molecule has 10 heavy (non-hydrogen) atoms. The first-order valence-corrected chi connectivity index (χ1v) is 3.44. The van der Waals surface area contributed by atoms with Gasteiger partial charge in [-0.1, -0.05) is 12.2 Å². The molecule has 0 saturated carbocycles. The van der Waals surface area contributed by atoms with Gasteiger partial charge in [-0.05, 0) is 6.42 Å². The van der Waals surface area contributed by atoms with Gasteiger partial charge in [-0.3, -0.25) is 4.79 Å². The molecule has 54 valence electrons. The van der Waals surface area contributed by atoms with Gasteiger partial charge in [-0.2, -0.15) is 0 Å². The predicted octanol–water partition coefficient (Wildman–Crippen LogP) is -0.578. The Labute approximate surface area is 58.7 Å². The van der Waals surface area contributed by atoms with Crippen molar-refractivity contribution in [3.05, 3.63) is 12.2 Å². The van der Waals surface area contributed by atoms with Crippen LogP contribution in [0.3, 0.4) is 0 Å². The van der Waals surface area contributed by atoms with Gasteiger partial charge < -0.3 is 10.4 Å². The molecule has 3 unspecified atom stereocenters. The predicted molar refractivity (Wildman–Crippen MR) is 35.2 cm³/mol. The van der Waals surface area contributed by atoms with Crippen LogP contribution in [0.25, 0.3) is 0 Å². The molecule has 1 amide bonds. The molecule has 3 nitrogen and oxygen atoms in total. The van der Waals surface area contributed by atoms with Crippen molar-refractivity contribution in [1.29, 1.82) is 0 Å². The van der Waals surface area contributed by atoms with Crippen LogP contribution in [0.1, 0.15) is 6.42 Å². The normalized spacial score (nSPS) is 43.7.